The van der Waals surface area contributed by atoms with Crippen LogP contribution >= 0.6 is 0 Å². The van der Waals surface area contributed by atoms with E-state index in [0.717, 1.165) is 25.7 Å². The Kier molecular flexibility index (Phi) is 6.32. The molecule has 6 heteroatoms. The summed E-state index contributed by atoms with van der Waals surface area (Å²) in [7, 11) is 0. The van der Waals surface area contributed by atoms with Crippen LogP contribution in [-0.4, -0.2) is 47.4 Å². The summed E-state index contributed by atoms with van der Waals surface area (Å²) in [5.41, 5.74) is 0. The van der Waals surface area contributed by atoms with Crippen LogP contribution in [0.2, 0.25) is 0 Å². The fourth-order valence-corrected chi connectivity index (χ4v) is 2.32. The zero-order valence-corrected chi connectivity index (χ0v) is 11.4. The highest BCUT2D eigenvalue weighted by molar-refractivity contribution is 5.82. The lowest BCUT2D eigenvalue weighted by molar-refractivity contribution is -0.144. The molecular weight excluding hydrogens is 248 g/mol. The lowest BCUT2D eigenvalue weighted by atomic mass is 10.1. The minimum absolute atomic E-state index is 0.0200. The van der Waals surface area contributed by atoms with Crippen molar-refractivity contribution >= 4 is 17.8 Å². The number of likely N-dealkylation sites (N-methyl/N-ethyl adjacent to an activating group) is 1. The van der Waals surface area contributed by atoms with Crippen molar-refractivity contribution in [2.24, 2.45) is 5.92 Å². The molecule has 1 rings (SSSR count). The van der Waals surface area contributed by atoms with E-state index >= 15 is 0 Å². The van der Waals surface area contributed by atoms with Gasteiger partial charge < -0.3 is 15.3 Å². The van der Waals surface area contributed by atoms with Crippen molar-refractivity contribution in [2.45, 2.75) is 39.0 Å². The molecule has 0 aromatic rings. The van der Waals surface area contributed by atoms with Gasteiger partial charge in [0.15, 0.2) is 0 Å². The second-order valence-electron chi connectivity index (χ2n) is 4.82. The molecule has 0 aromatic heterocycles. The van der Waals surface area contributed by atoms with Gasteiger partial charge >= 0.3 is 5.97 Å². The predicted molar refractivity (Wildman–Crippen MR) is 69.5 cm³/mol. The highest BCUT2D eigenvalue weighted by Gasteiger charge is 2.22. The molecule has 0 radical (unpaired) electrons. The van der Waals surface area contributed by atoms with Gasteiger partial charge in [-0.3, -0.25) is 14.4 Å². The van der Waals surface area contributed by atoms with Gasteiger partial charge in [0.05, 0.1) is 0 Å². The predicted octanol–water partition coefficient (Wildman–Crippen LogP) is 0.616. The Balaban J connectivity index is 2.25. The second-order valence-corrected chi connectivity index (χ2v) is 4.82. The quantitative estimate of drug-likeness (QED) is 0.710. The number of carbonyl (C=O) groups is 3. The maximum atomic E-state index is 11.7. The lowest BCUT2D eigenvalue weighted by Gasteiger charge is -2.18. The average molecular weight is 270 g/mol. The summed E-state index contributed by atoms with van der Waals surface area (Å²) in [6.07, 6.45) is 4.21. The van der Waals surface area contributed by atoms with Crippen LogP contribution in [0.15, 0.2) is 0 Å². The fourth-order valence-electron chi connectivity index (χ4n) is 2.32. The number of hydrogen-bond donors (Lipinski definition) is 2. The first-order chi connectivity index (χ1) is 9.04. The first-order valence-electron chi connectivity index (χ1n) is 6.81. The highest BCUT2D eigenvalue weighted by atomic mass is 16.4. The van der Waals surface area contributed by atoms with Gasteiger partial charge in [-0.2, -0.15) is 0 Å². The Hall–Kier alpha value is -1.59. The molecule has 19 heavy (non-hydrogen) atoms. The van der Waals surface area contributed by atoms with E-state index in [9.17, 15) is 14.4 Å². The number of aliphatic carboxylic acids is 1. The molecule has 0 saturated heterocycles. The molecule has 1 saturated carbocycles. The highest BCUT2D eigenvalue weighted by Crippen LogP contribution is 2.24. The smallest absolute Gasteiger partial charge is 0.323 e. The van der Waals surface area contributed by atoms with Crippen LogP contribution in [0, 0.1) is 5.92 Å². The summed E-state index contributed by atoms with van der Waals surface area (Å²) in [6, 6.07) is 0. The summed E-state index contributed by atoms with van der Waals surface area (Å²) in [5.74, 6) is -1.15. The molecule has 0 bridgehead atoms. The number of amides is 2. The summed E-state index contributed by atoms with van der Waals surface area (Å²) in [6.45, 7) is 2.09. The molecule has 1 aliphatic carbocycles. The van der Waals surface area contributed by atoms with Crippen LogP contribution in [0.25, 0.3) is 0 Å². The normalized spacial score (nSPS) is 15.2. The van der Waals surface area contributed by atoms with Gasteiger partial charge in [0.25, 0.3) is 0 Å². The van der Waals surface area contributed by atoms with Crippen LogP contribution in [0.1, 0.15) is 39.0 Å². The van der Waals surface area contributed by atoms with Crippen molar-refractivity contribution in [1.82, 2.24) is 10.2 Å². The molecule has 1 fully saturated rings. The Morgan fingerprint density at radius 3 is 2.42 bits per heavy atom. The first-order valence-corrected chi connectivity index (χ1v) is 6.81. The Morgan fingerprint density at radius 1 is 1.26 bits per heavy atom. The minimum atomic E-state index is -1.02. The Labute approximate surface area is 113 Å². The van der Waals surface area contributed by atoms with E-state index in [1.54, 1.807) is 6.92 Å². The number of carbonyl (C=O) groups excluding carboxylic acids is 2. The Morgan fingerprint density at radius 2 is 1.89 bits per heavy atom. The van der Waals surface area contributed by atoms with E-state index in [1.807, 2.05) is 0 Å². The van der Waals surface area contributed by atoms with Crippen molar-refractivity contribution < 1.29 is 19.5 Å². The summed E-state index contributed by atoms with van der Waals surface area (Å²) in [4.78, 5) is 35.3. The van der Waals surface area contributed by atoms with Crippen LogP contribution in [-0.2, 0) is 14.4 Å². The van der Waals surface area contributed by atoms with Crippen LogP contribution in [0.5, 0.6) is 0 Å². The van der Waals surface area contributed by atoms with E-state index in [4.69, 9.17) is 5.11 Å². The monoisotopic (exact) mass is 270 g/mol. The van der Waals surface area contributed by atoms with E-state index < -0.39 is 5.97 Å². The van der Waals surface area contributed by atoms with E-state index in [0.29, 0.717) is 6.54 Å². The SMILES string of the molecule is CCN(CC(=O)O)C(=O)CCNC(=O)C1CCCC1. The fraction of sp³-hybridized carbons (Fsp3) is 0.769. The van der Waals surface area contributed by atoms with Gasteiger partial charge in [-0.05, 0) is 19.8 Å². The van der Waals surface area contributed by atoms with Crippen molar-refractivity contribution in [2.75, 3.05) is 19.6 Å². The average Bonchev–Trinajstić information content (AvgIpc) is 2.89. The van der Waals surface area contributed by atoms with E-state index in [2.05, 4.69) is 5.32 Å². The summed E-state index contributed by atoms with van der Waals surface area (Å²) >= 11 is 0. The third kappa shape index (κ3) is 5.28. The Bertz CT molecular complexity index is 338. The van der Waals surface area contributed by atoms with Gasteiger partial charge in [0.1, 0.15) is 6.54 Å². The summed E-state index contributed by atoms with van der Waals surface area (Å²) < 4.78 is 0. The van der Waals surface area contributed by atoms with Crippen LogP contribution in [0.3, 0.4) is 0 Å². The van der Waals surface area contributed by atoms with Gasteiger partial charge in [-0.15, -0.1) is 0 Å². The number of carboxylic acids is 1. The maximum Gasteiger partial charge on any atom is 0.323 e. The molecule has 0 heterocycles. The zero-order chi connectivity index (χ0) is 14.3. The van der Waals surface area contributed by atoms with Gasteiger partial charge in [-0.25, -0.2) is 0 Å². The number of nitrogens with zero attached hydrogens (tertiary/aromatic N) is 1. The number of carboxylic acid groups (broad SMARTS) is 1. The number of rotatable bonds is 7. The molecule has 0 unspecified atom stereocenters. The molecule has 6 nitrogen and oxygen atoms in total. The largest absolute Gasteiger partial charge is 0.480 e. The van der Waals surface area contributed by atoms with Crippen molar-refractivity contribution in [3.05, 3.63) is 0 Å². The maximum absolute atomic E-state index is 11.7. The molecule has 0 spiro atoms. The topological polar surface area (TPSA) is 86.7 Å². The van der Waals surface area contributed by atoms with E-state index in [1.165, 1.54) is 4.90 Å². The molecule has 0 atom stereocenters. The standard InChI is InChI=1S/C13H22N2O4/c1-2-15(9-12(17)18)11(16)7-8-14-13(19)10-5-3-4-6-10/h10H,2-9H2,1H3,(H,14,19)(H,17,18). The third-order valence-corrected chi connectivity index (χ3v) is 3.42. The third-order valence-electron chi connectivity index (χ3n) is 3.42. The minimum Gasteiger partial charge on any atom is -0.480 e. The van der Waals surface area contributed by atoms with E-state index in [-0.39, 0.29) is 37.2 Å². The van der Waals surface area contributed by atoms with Crippen LogP contribution in [0.4, 0.5) is 0 Å². The van der Waals surface area contributed by atoms with Crippen molar-refractivity contribution in [1.29, 1.82) is 0 Å². The lowest BCUT2D eigenvalue weighted by Crippen LogP contribution is -2.38. The molecular formula is C13H22N2O4. The molecule has 2 N–H and O–H groups in total. The van der Waals surface area contributed by atoms with Gasteiger partial charge in [-0.1, -0.05) is 12.8 Å². The number of nitrogens with one attached hydrogen (secondary N) is 1. The molecule has 108 valence electrons. The molecule has 1 aliphatic rings. The van der Waals surface area contributed by atoms with Gasteiger partial charge in [0.2, 0.25) is 11.8 Å². The molecule has 2 amide bonds. The second kappa shape index (κ2) is 7.76. The van der Waals surface area contributed by atoms with Crippen molar-refractivity contribution in [3.63, 3.8) is 0 Å². The zero-order valence-electron chi connectivity index (χ0n) is 11.4. The number of hydrogen-bond acceptors (Lipinski definition) is 3. The molecule has 0 aliphatic heterocycles. The summed E-state index contributed by atoms with van der Waals surface area (Å²) in [5, 5.41) is 11.4. The van der Waals surface area contributed by atoms with Gasteiger partial charge in [0, 0.05) is 25.4 Å². The van der Waals surface area contributed by atoms with Crippen LogP contribution < -0.4 is 5.32 Å². The molecule has 0 aromatic carbocycles. The first kappa shape index (κ1) is 15.5. The van der Waals surface area contributed by atoms with Crippen molar-refractivity contribution in [3.8, 4) is 0 Å².